The molecule has 1 heterocycles. The van der Waals surface area contributed by atoms with Crippen molar-refractivity contribution in [2.75, 3.05) is 20.8 Å². The molecule has 7 N–H and O–H groups in total. The second-order valence-electron chi connectivity index (χ2n) is 9.57. The van der Waals surface area contributed by atoms with Crippen molar-refractivity contribution < 1.29 is 38.6 Å². The molecule has 3 rings (SSSR count). The van der Waals surface area contributed by atoms with E-state index in [2.05, 4.69) is 15.6 Å². The number of hydrogen-bond donors (Lipinski definition) is 5. The first-order chi connectivity index (χ1) is 20.5. The number of methoxy groups -OCH3 is 2. The van der Waals surface area contributed by atoms with Gasteiger partial charge < -0.3 is 36.7 Å². The number of carboxylic acids is 1. The lowest BCUT2D eigenvalue weighted by atomic mass is 9.97. The van der Waals surface area contributed by atoms with Gasteiger partial charge in [-0.2, -0.15) is 5.01 Å². The van der Waals surface area contributed by atoms with Crippen molar-refractivity contribution in [1.29, 1.82) is 0 Å². The van der Waals surface area contributed by atoms with Gasteiger partial charge in [-0.05, 0) is 48.2 Å². The van der Waals surface area contributed by atoms with Crippen LogP contribution in [0.5, 0.6) is 11.5 Å². The summed E-state index contributed by atoms with van der Waals surface area (Å²) in [6.45, 7) is 1.22. The summed E-state index contributed by atoms with van der Waals surface area (Å²) in [6, 6.07) is 9.03. The maximum Gasteiger partial charge on any atom is 0.344 e. The Bertz CT molecular complexity index is 1310. The van der Waals surface area contributed by atoms with Crippen molar-refractivity contribution in [2.45, 2.75) is 44.3 Å². The third-order valence-corrected chi connectivity index (χ3v) is 6.63. The second kappa shape index (κ2) is 14.5. The third kappa shape index (κ3) is 8.12. The van der Waals surface area contributed by atoms with Gasteiger partial charge >= 0.3 is 12.0 Å². The lowest BCUT2D eigenvalue weighted by Gasteiger charge is -2.35. The van der Waals surface area contributed by atoms with Crippen molar-refractivity contribution in [3.8, 4) is 11.5 Å². The van der Waals surface area contributed by atoms with Crippen molar-refractivity contribution in [1.82, 2.24) is 20.7 Å². The summed E-state index contributed by atoms with van der Waals surface area (Å²) in [7, 11) is 3.02. The molecule has 1 aliphatic rings. The zero-order valence-corrected chi connectivity index (χ0v) is 24.0. The minimum absolute atomic E-state index is 0.128. The van der Waals surface area contributed by atoms with Crippen LogP contribution in [0.15, 0.2) is 53.5 Å². The first-order valence-electron chi connectivity index (χ1n) is 13.3. The lowest BCUT2D eigenvalue weighted by Crippen LogP contribution is -2.59. The van der Waals surface area contributed by atoms with Crippen molar-refractivity contribution in [3.05, 3.63) is 59.7 Å². The van der Waals surface area contributed by atoms with Crippen LogP contribution in [0.3, 0.4) is 0 Å². The highest BCUT2D eigenvalue weighted by Gasteiger charge is 2.47. The molecule has 5 amide bonds. The Hall–Kier alpha value is -5.34. The minimum atomic E-state index is -1.76. The Balaban J connectivity index is 1.94. The number of nitrogens with two attached hydrogens (primary N) is 2. The highest BCUT2D eigenvalue weighted by molar-refractivity contribution is 6.06. The molecule has 15 nitrogen and oxygen atoms in total. The van der Waals surface area contributed by atoms with E-state index in [1.807, 2.05) is 0 Å². The number of urea groups is 1. The molecule has 0 bridgehead atoms. The van der Waals surface area contributed by atoms with Gasteiger partial charge in [0.25, 0.3) is 5.91 Å². The number of hydrazine groups is 1. The number of guanidine groups is 1. The third-order valence-electron chi connectivity index (χ3n) is 6.63. The van der Waals surface area contributed by atoms with Crippen LogP contribution in [0, 0.1) is 0 Å². The van der Waals surface area contributed by atoms with Gasteiger partial charge in [0.2, 0.25) is 11.8 Å². The topological polar surface area (TPSA) is 219 Å². The summed E-state index contributed by atoms with van der Waals surface area (Å²) < 4.78 is 10.5. The van der Waals surface area contributed by atoms with E-state index in [0.717, 1.165) is 6.92 Å². The van der Waals surface area contributed by atoms with Crippen LogP contribution in [0.4, 0.5) is 4.79 Å². The first kappa shape index (κ1) is 32.2. The minimum Gasteiger partial charge on any atom is -0.497 e. The number of aliphatic carboxylic acids is 1. The van der Waals surface area contributed by atoms with Crippen molar-refractivity contribution in [2.24, 2.45) is 16.5 Å². The van der Waals surface area contributed by atoms with E-state index in [-0.39, 0.29) is 18.9 Å². The van der Waals surface area contributed by atoms with Crippen LogP contribution in [0.1, 0.15) is 43.4 Å². The largest absolute Gasteiger partial charge is 0.497 e. The van der Waals surface area contributed by atoms with Gasteiger partial charge in [-0.1, -0.05) is 24.3 Å². The Kier molecular flexibility index (Phi) is 10.9. The fraction of sp³-hybridized carbons (Fsp3) is 0.357. The van der Waals surface area contributed by atoms with Crippen LogP contribution >= 0.6 is 0 Å². The van der Waals surface area contributed by atoms with Crippen LogP contribution in [0.2, 0.25) is 0 Å². The fourth-order valence-corrected chi connectivity index (χ4v) is 4.57. The molecule has 0 spiro atoms. The average molecular weight is 598 g/mol. The van der Waals surface area contributed by atoms with Gasteiger partial charge in [-0.15, -0.1) is 0 Å². The standard InChI is InChI=1S/C28H35N7O8/c1-16(36)34(35-26(40)21(32-28(35)41)5-4-14-31-27(29)30)22(15-23(37)38)25(39)33-24(17-6-10-19(42-2)11-7-17)18-8-12-20(43-3)13-9-18/h6-13,21-22,24H,4-5,14-15H2,1-3H3,(H,32,41)(H,33,39)(H,37,38)(H4,29,30,31)/t21-,22?/m0/s1. The lowest BCUT2D eigenvalue weighted by molar-refractivity contribution is -0.164. The van der Waals surface area contributed by atoms with Gasteiger partial charge in [0.1, 0.15) is 23.6 Å². The molecule has 0 radical (unpaired) electrons. The molecule has 2 aromatic carbocycles. The summed E-state index contributed by atoms with van der Waals surface area (Å²) in [5.41, 5.74) is 11.8. The van der Waals surface area contributed by atoms with Gasteiger partial charge in [-0.25, -0.2) is 9.80 Å². The molecule has 1 fully saturated rings. The van der Waals surface area contributed by atoms with E-state index in [1.165, 1.54) is 14.2 Å². The number of hydrogen-bond acceptors (Lipinski definition) is 8. The summed E-state index contributed by atoms with van der Waals surface area (Å²) in [5, 5.41) is 16.0. The molecule has 0 aromatic heterocycles. The Labute approximate surface area is 247 Å². The van der Waals surface area contributed by atoms with E-state index in [0.29, 0.717) is 39.1 Å². The van der Waals surface area contributed by atoms with Crippen molar-refractivity contribution >= 4 is 35.7 Å². The summed E-state index contributed by atoms with van der Waals surface area (Å²) in [6.07, 6.45) is -0.432. The van der Waals surface area contributed by atoms with Crippen LogP contribution in [0.25, 0.3) is 0 Å². The number of carboxylic acid groups (broad SMARTS) is 1. The normalized spacial score (nSPS) is 15.0. The molecule has 1 aliphatic heterocycles. The van der Waals surface area contributed by atoms with Crippen LogP contribution in [-0.4, -0.2) is 83.7 Å². The molecule has 2 atom stereocenters. The number of aliphatic imine (C=N–C) groups is 1. The number of amides is 5. The van der Waals surface area contributed by atoms with Gasteiger partial charge in [-0.3, -0.25) is 24.2 Å². The van der Waals surface area contributed by atoms with E-state index >= 15 is 0 Å². The maximum atomic E-state index is 13.8. The number of benzene rings is 2. The fourth-order valence-electron chi connectivity index (χ4n) is 4.57. The summed E-state index contributed by atoms with van der Waals surface area (Å²) in [5.74, 6) is -3.05. The quantitative estimate of drug-likeness (QED) is 0.0878. The van der Waals surface area contributed by atoms with E-state index < -0.39 is 54.3 Å². The predicted molar refractivity (Wildman–Crippen MR) is 154 cm³/mol. The number of ether oxygens (including phenoxy) is 2. The molecule has 230 valence electrons. The zero-order chi connectivity index (χ0) is 31.7. The average Bonchev–Trinajstić information content (AvgIpc) is 3.25. The molecule has 43 heavy (non-hydrogen) atoms. The zero-order valence-electron chi connectivity index (χ0n) is 24.0. The predicted octanol–water partition coefficient (Wildman–Crippen LogP) is 0.490. The smallest absolute Gasteiger partial charge is 0.344 e. The molecule has 2 aromatic rings. The van der Waals surface area contributed by atoms with Crippen molar-refractivity contribution in [3.63, 3.8) is 0 Å². The van der Waals surface area contributed by atoms with Gasteiger partial charge in [0, 0.05) is 13.5 Å². The number of imide groups is 1. The SMILES string of the molecule is COc1ccc(C(NC(=O)C(CC(=O)O)N(C(C)=O)N2C(=O)N[C@@H](CCCN=C(N)N)C2=O)c2ccc(OC)cc2)cc1. The Morgan fingerprint density at radius 1 is 1.02 bits per heavy atom. The van der Waals surface area contributed by atoms with E-state index in [9.17, 15) is 29.1 Å². The molecule has 0 aliphatic carbocycles. The number of rotatable bonds is 14. The maximum absolute atomic E-state index is 13.8. The molecule has 1 saturated heterocycles. The monoisotopic (exact) mass is 597 g/mol. The molecule has 1 unspecified atom stereocenters. The highest BCUT2D eigenvalue weighted by Crippen LogP contribution is 2.27. The summed E-state index contributed by atoms with van der Waals surface area (Å²) >= 11 is 0. The molecular weight excluding hydrogens is 562 g/mol. The van der Waals surface area contributed by atoms with Crippen LogP contribution < -0.4 is 31.6 Å². The highest BCUT2D eigenvalue weighted by atomic mass is 16.5. The Morgan fingerprint density at radius 3 is 2.00 bits per heavy atom. The molecule has 0 saturated carbocycles. The van der Waals surface area contributed by atoms with E-state index in [1.54, 1.807) is 48.5 Å². The van der Waals surface area contributed by atoms with Crippen LogP contribution in [-0.2, 0) is 19.2 Å². The Morgan fingerprint density at radius 2 is 1.56 bits per heavy atom. The number of nitrogens with one attached hydrogen (secondary N) is 2. The number of nitrogens with zero attached hydrogens (tertiary/aromatic N) is 3. The van der Waals surface area contributed by atoms with E-state index in [4.69, 9.17) is 20.9 Å². The first-order valence-corrected chi connectivity index (χ1v) is 13.3. The second-order valence-corrected chi connectivity index (χ2v) is 9.57. The molecular formula is C28H35N7O8. The van der Waals surface area contributed by atoms with Gasteiger partial charge in [0.15, 0.2) is 5.96 Å². The van der Waals surface area contributed by atoms with Gasteiger partial charge in [0.05, 0.1) is 26.7 Å². The number of carbonyl (C=O) groups excluding carboxylic acids is 4. The number of carbonyl (C=O) groups is 5. The summed E-state index contributed by atoms with van der Waals surface area (Å²) in [4.78, 5) is 68.6. The molecule has 15 heteroatoms.